The van der Waals surface area contributed by atoms with Gasteiger partial charge in [0.05, 0.1) is 24.6 Å². The molecule has 0 amide bonds. The normalized spacial score (nSPS) is 29.7. The van der Waals surface area contributed by atoms with Gasteiger partial charge in [0.15, 0.2) is 5.75 Å². The van der Waals surface area contributed by atoms with E-state index in [0.717, 1.165) is 6.54 Å². The van der Waals surface area contributed by atoms with E-state index in [1.165, 1.54) is 12.8 Å². The predicted molar refractivity (Wildman–Crippen MR) is 79.3 cm³/mol. The number of aliphatic carboxylic acids is 1. The molecule has 0 bridgehead atoms. The SMILES string of the molecule is O=C(O)C1(Oc2cnn(CC3CC3)c2)COC2(CCOCC2)C1. The summed E-state index contributed by atoms with van der Waals surface area (Å²) < 4.78 is 19.0. The lowest BCUT2D eigenvalue weighted by atomic mass is 9.85. The zero-order valence-corrected chi connectivity index (χ0v) is 13.1. The molecule has 1 aliphatic carbocycles. The summed E-state index contributed by atoms with van der Waals surface area (Å²) in [5.41, 5.74) is -1.76. The fourth-order valence-corrected chi connectivity index (χ4v) is 3.49. The summed E-state index contributed by atoms with van der Waals surface area (Å²) >= 11 is 0. The zero-order valence-electron chi connectivity index (χ0n) is 13.1. The van der Waals surface area contributed by atoms with E-state index >= 15 is 0 Å². The van der Waals surface area contributed by atoms with E-state index in [0.29, 0.717) is 44.1 Å². The molecule has 4 rings (SSSR count). The van der Waals surface area contributed by atoms with Gasteiger partial charge in [0.25, 0.3) is 0 Å². The minimum atomic E-state index is -1.33. The lowest BCUT2D eigenvalue weighted by Crippen LogP contribution is -2.47. The third kappa shape index (κ3) is 2.95. The molecule has 1 atom stereocenters. The lowest BCUT2D eigenvalue weighted by Gasteiger charge is -2.33. The minimum absolute atomic E-state index is 0.0656. The molecule has 7 nitrogen and oxygen atoms in total. The molecule has 3 heterocycles. The molecule has 1 saturated carbocycles. The molecule has 0 radical (unpaired) electrons. The van der Waals surface area contributed by atoms with Crippen LogP contribution in [0.5, 0.6) is 5.75 Å². The molecule has 2 aliphatic heterocycles. The highest BCUT2D eigenvalue weighted by atomic mass is 16.6. The smallest absolute Gasteiger partial charge is 0.350 e. The summed E-state index contributed by atoms with van der Waals surface area (Å²) in [4.78, 5) is 11.9. The van der Waals surface area contributed by atoms with E-state index in [1.807, 2.05) is 4.68 Å². The van der Waals surface area contributed by atoms with E-state index < -0.39 is 17.2 Å². The molecule has 126 valence electrons. The van der Waals surface area contributed by atoms with E-state index in [1.54, 1.807) is 12.4 Å². The van der Waals surface area contributed by atoms with Crippen LogP contribution < -0.4 is 4.74 Å². The second-order valence-electron chi connectivity index (χ2n) is 7.00. The largest absolute Gasteiger partial charge is 0.478 e. The molecule has 3 fully saturated rings. The van der Waals surface area contributed by atoms with Crippen LogP contribution in [0.4, 0.5) is 0 Å². The second kappa shape index (κ2) is 5.49. The molecule has 1 spiro atoms. The molecule has 23 heavy (non-hydrogen) atoms. The van der Waals surface area contributed by atoms with Crippen LogP contribution in [0.25, 0.3) is 0 Å². The second-order valence-corrected chi connectivity index (χ2v) is 7.00. The molecule has 1 aromatic heterocycles. The van der Waals surface area contributed by atoms with Crippen LogP contribution in [0.1, 0.15) is 32.1 Å². The molecular formula is C16H22N2O5. The van der Waals surface area contributed by atoms with Gasteiger partial charge in [-0.15, -0.1) is 0 Å². The summed E-state index contributed by atoms with van der Waals surface area (Å²) in [6.45, 7) is 2.15. The van der Waals surface area contributed by atoms with Crippen molar-refractivity contribution in [1.29, 1.82) is 0 Å². The Morgan fingerprint density at radius 2 is 2.22 bits per heavy atom. The maximum absolute atomic E-state index is 11.9. The number of ether oxygens (including phenoxy) is 3. The Balaban J connectivity index is 1.49. The fraction of sp³-hybridized carbons (Fsp3) is 0.750. The molecule has 7 heteroatoms. The van der Waals surface area contributed by atoms with Gasteiger partial charge in [-0.2, -0.15) is 5.10 Å². The highest BCUT2D eigenvalue weighted by Gasteiger charge is 2.56. The number of carbonyl (C=O) groups is 1. The van der Waals surface area contributed by atoms with Crippen LogP contribution in [0.2, 0.25) is 0 Å². The minimum Gasteiger partial charge on any atom is -0.478 e. The van der Waals surface area contributed by atoms with Crippen LogP contribution in [-0.2, 0) is 20.8 Å². The van der Waals surface area contributed by atoms with Crippen molar-refractivity contribution < 1.29 is 24.1 Å². The molecule has 1 aromatic rings. The number of rotatable bonds is 5. The Morgan fingerprint density at radius 3 is 2.91 bits per heavy atom. The maximum atomic E-state index is 11.9. The third-order valence-electron chi connectivity index (χ3n) is 5.08. The molecule has 0 aromatic carbocycles. The van der Waals surface area contributed by atoms with Crippen molar-refractivity contribution in [1.82, 2.24) is 9.78 Å². The van der Waals surface area contributed by atoms with Crippen molar-refractivity contribution in [3.8, 4) is 5.75 Å². The third-order valence-corrected chi connectivity index (χ3v) is 5.08. The van der Waals surface area contributed by atoms with Gasteiger partial charge < -0.3 is 19.3 Å². The maximum Gasteiger partial charge on any atom is 0.350 e. The first kappa shape index (κ1) is 15.0. The van der Waals surface area contributed by atoms with Crippen molar-refractivity contribution in [3.05, 3.63) is 12.4 Å². The predicted octanol–water partition coefficient (Wildman–Crippen LogP) is 1.46. The number of carboxylic acids is 1. The Bertz CT molecular complexity index is 591. The highest BCUT2D eigenvalue weighted by Crippen LogP contribution is 2.42. The van der Waals surface area contributed by atoms with Gasteiger partial charge in [0, 0.05) is 39.0 Å². The summed E-state index contributed by atoms with van der Waals surface area (Å²) in [5, 5.41) is 14.0. The van der Waals surface area contributed by atoms with Gasteiger partial charge in [0.1, 0.15) is 0 Å². The van der Waals surface area contributed by atoms with E-state index in [2.05, 4.69) is 5.10 Å². The van der Waals surface area contributed by atoms with Gasteiger partial charge in [0.2, 0.25) is 5.60 Å². The monoisotopic (exact) mass is 322 g/mol. The first-order chi connectivity index (χ1) is 11.1. The van der Waals surface area contributed by atoms with Crippen molar-refractivity contribution in [2.75, 3.05) is 19.8 Å². The lowest BCUT2D eigenvalue weighted by molar-refractivity contribution is -0.155. The topological polar surface area (TPSA) is 82.8 Å². The number of nitrogens with zero attached hydrogens (tertiary/aromatic N) is 2. The molecule has 3 aliphatic rings. The first-order valence-electron chi connectivity index (χ1n) is 8.26. The number of hydrogen-bond acceptors (Lipinski definition) is 5. The van der Waals surface area contributed by atoms with Crippen LogP contribution in [-0.4, -0.2) is 51.9 Å². The summed E-state index contributed by atoms with van der Waals surface area (Å²) in [7, 11) is 0. The average molecular weight is 322 g/mol. The van der Waals surface area contributed by atoms with E-state index in [9.17, 15) is 9.90 Å². The van der Waals surface area contributed by atoms with Gasteiger partial charge in [-0.05, 0) is 18.8 Å². The quantitative estimate of drug-likeness (QED) is 0.884. The Kier molecular flexibility index (Phi) is 3.57. The zero-order chi connectivity index (χ0) is 15.9. The van der Waals surface area contributed by atoms with Gasteiger partial charge >= 0.3 is 5.97 Å². The standard InChI is InChI=1S/C16H22N2O5/c19-14(20)16(10-15(22-11-16)3-5-21-6-4-15)23-13-7-17-18(9-13)8-12-1-2-12/h7,9,12H,1-6,8,10-11H2,(H,19,20). The number of carboxylic acid groups (broad SMARTS) is 1. The first-order valence-corrected chi connectivity index (χ1v) is 8.26. The summed E-state index contributed by atoms with van der Waals surface area (Å²) in [6, 6.07) is 0. The number of aromatic nitrogens is 2. The molecular weight excluding hydrogens is 300 g/mol. The fourth-order valence-electron chi connectivity index (χ4n) is 3.49. The highest BCUT2D eigenvalue weighted by molar-refractivity contribution is 5.79. The molecule has 2 saturated heterocycles. The van der Waals surface area contributed by atoms with E-state index in [-0.39, 0.29) is 6.61 Å². The van der Waals surface area contributed by atoms with Crippen molar-refractivity contribution in [2.24, 2.45) is 5.92 Å². The van der Waals surface area contributed by atoms with Gasteiger partial charge in [-0.3, -0.25) is 4.68 Å². The van der Waals surface area contributed by atoms with Crippen LogP contribution in [0, 0.1) is 5.92 Å². The van der Waals surface area contributed by atoms with Crippen molar-refractivity contribution in [3.63, 3.8) is 0 Å². The summed E-state index contributed by atoms with van der Waals surface area (Å²) in [6.07, 6.45) is 7.66. The van der Waals surface area contributed by atoms with Gasteiger partial charge in [-0.25, -0.2) is 4.79 Å². The van der Waals surface area contributed by atoms with Crippen LogP contribution in [0.3, 0.4) is 0 Å². The molecule has 1 N–H and O–H groups in total. The Morgan fingerprint density at radius 1 is 1.43 bits per heavy atom. The van der Waals surface area contributed by atoms with Crippen molar-refractivity contribution in [2.45, 2.75) is 49.9 Å². The number of hydrogen-bond donors (Lipinski definition) is 1. The Labute approximate surface area is 134 Å². The van der Waals surface area contributed by atoms with Crippen molar-refractivity contribution >= 4 is 5.97 Å². The summed E-state index contributed by atoms with van der Waals surface area (Å²) in [5.74, 6) is 0.230. The van der Waals surface area contributed by atoms with Gasteiger partial charge in [-0.1, -0.05) is 0 Å². The van der Waals surface area contributed by atoms with Crippen LogP contribution in [0.15, 0.2) is 12.4 Å². The van der Waals surface area contributed by atoms with Crippen LogP contribution >= 0.6 is 0 Å². The Hall–Kier alpha value is -1.60. The van der Waals surface area contributed by atoms with E-state index in [4.69, 9.17) is 14.2 Å². The molecule has 1 unspecified atom stereocenters. The average Bonchev–Trinajstić information content (AvgIpc) is 3.13.